The fourth-order valence-corrected chi connectivity index (χ4v) is 3.23. The maximum atomic E-state index is 12.2. The standard InChI is InChI=1S/C22H26BrN3O5/c1-5-31-21-18(23)10-16(11-19(21)30-4)13-24-26-22(28)14(2)25-20(27)12-15-6-8-17(29-3)9-7-15/h6-11,13-14H,5,12H2,1-4H3,(H,25,27)(H,26,28). The molecule has 0 spiro atoms. The van der Waals surface area contributed by atoms with Gasteiger partial charge in [-0.15, -0.1) is 0 Å². The van der Waals surface area contributed by atoms with Crippen LogP contribution in [0, 0.1) is 0 Å². The third-order valence-electron chi connectivity index (χ3n) is 4.22. The molecular formula is C22H26BrN3O5. The van der Waals surface area contributed by atoms with Crippen LogP contribution in [0.2, 0.25) is 0 Å². The number of carbonyl (C=O) groups excluding carboxylic acids is 2. The molecule has 0 fully saturated rings. The van der Waals surface area contributed by atoms with Crippen LogP contribution < -0.4 is 25.0 Å². The van der Waals surface area contributed by atoms with E-state index >= 15 is 0 Å². The van der Waals surface area contributed by atoms with Gasteiger partial charge in [0.1, 0.15) is 11.8 Å². The third-order valence-corrected chi connectivity index (χ3v) is 4.81. The zero-order valence-corrected chi connectivity index (χ0v) is 19.5. The largest absolute Gasteiger partial charge is 0.497 e. The number of hydrazone groups is 1. The number of hydrogen-bond acceptors (Lipinski definition) is 6. The Hall–Kier alpha value is -3.07. The van der Waals surface area contributed by atoms with Gasteiger partial charge in [-0.25, -0.2) is 5.43 Å². The number of carbonyl (C=O) groups is 2. The molecule has 0 aliphatic heterocycles. The molecule has 2 N–H and O–H groups in total. The van der Waals surface area contributed by atoms with Crippen molar-refractivity contribution in [3.8, 4) is 17.2 Å². The number of amides is 2. The second-order valence-corrected chi connectivity index (χ2v) is 7.37. The summed E-state index contributed by atoms with van der Waals surface area (Å²) in [5.41, 5.74) is 3.94. The van der Waals surface area contributed by atoms with Gasteiger partial charge in [-0.3, -0.25) is 9.59 Å². The molecule has 0 heterocycles. The van der Waals surface area contributed by atoms with E-state index in [9.17, 15) is 9.59 Å². The molecule has 0 aromatic heterocycles. The molecular weight excluding hydrogens is 466 g/mol. The van der Waals surface area contributed by atoms with Crippen LogP contribution in [0.25, 0.3) is 0 Å². The Bertz CT molecular complexity index is 931. The van der Waals surface area contributed by atoms with E-state index in [1.807, 2.05) is 6.92 Å². The molecule has 0 radical (unpaired) electrons. The maximum absolute atomic E-state index is 12.2. The van der Waals surface area contributed by atoms with E-state index in [-0.39, 0.29) is 12.3 Å². The Morgan fingerprint density at radius 1 is 1.16 bits per heavy atom. The predicted octanol–water partition coefficient (Wildman–Crippen LogP) is 3.06. The van der Waals surface area contributed by atoms with Gasteiger partial charge in [0, 0.05) is 0 Å². The fourth-order valence-electron chi connectivity index (χ4n) is 2.65. The lowest BCUT2D eigenvalue weighted by atomic mass is 10.1. The predicted molar refractivity (Wildman–Crippen MR) is 122 cm³/mol. The summed E-state index contributed by atoms with van der Waals surface area (Å²) in [6.45, 7) is 3.97. The molecule has 2 aromatic rings. The Balaban J connectivity index is 1.90. The van der Waals surface area contributed by atoms with Gasteiger partial charge in [-0.05, 0) is 65.2 Å². The second-order valence-electron chi connectivity index (χ2n) is 6.52. The van der Waals surface area contributed by atoms with Crippen LogP contribution in [0.1, 0.15) is 25.0 Å². The normalized spacial score (nSPS) is 11.6. The minimum atomic E-state index is -0.746. The first kappa shape index (κ1) is 24.2. The average molecular weight is 492 g/mol. The number of rotatable bonds is 10. The number of nitrogens with zero attached hydrogens (tertiary/aromatic N) is 1. The molecule has 2 amide bonds. The van der Waals surface area contributed by atoms with Gasteiger partial charge in [-0.1, -0.05) is 12.1 Å². The van der Waals surface area contributed by atoms with Gasteiger partial charge in [0.05, 0.1) is 37.9 Å². The summed E-state index contributed by atoms with van der Waals surface area (Å²) in [4.78, 5) is 24.4. The van der Waals surface area contributed by atoms with E-state index in [1.165, 1.54) is 6.21 Å². The lowest BCUT2D eigenvalue weighted by molar-refractivity contribution is -0.128. The molecule has 166 valence electrons. The highest BCUT2D eigenvalue weighted by atomic mass is 79.9. The lowest BCUT2D eigenvalue weighted by Crippen LogP contribution is -2.43. The molecule has 0 aliphatic rings. The molecule has 1 atom stereocenters. The molecule has 2 aromatic carbocycles. The van der Waals surface area contributed by atoms with Crippen LogP contribution >= 0.6 is 15.9 Å². The highest BCUT2D eigenvalue weighted by Gasteiger charge is 2.15. The van der Waals surface area contributed by atoms with Gasteiger partial charge in [0.25, 0.3) is 5.91 Å². The Kier molecular flexibility index (Phi) is 9.33. The molecule has 9 heteroatoms. The summed E-state index contributed by atoms with van der Waals surface area (Å²) >= 11 is 3.44. The summed E-state index contributed by atoms with van der Waals surface area (Å²) in [6, 6.07) is 9.95. The fraction of sp³-hybridized carbons (Fsp3) is 0.318. The highest BCUT2D eigenvalue weighted by molar-refractivity contribution is 9.10. The minimum absolute atomic E-state index is 0.158. The van der Waals surface area contributed by atoms with E-state index in [0.29, 0.717) is 33.9 Å². The summed E-state index contributed by atoms with van der Waals surface area (Å²) < 4.78 is 16.7. The van der Waals surface area contributed by atoms with Gasteiger partial charge >= 0.3 is 0 Å². The van der Waals surface area contributed by atoms with Gasteiger partial charge in [0.15, 0.2) is 11.5 Å². The molecule has 0 saturated heterocycles. The van der Waals surface area contributed by atoms with Crippen molar-refractivity contribution in [3.63, 3.8) is 0 Å². The lowest BCUT2D eigenvalue weighted by Gasteiger charge is -2.13. The first-order valence-electron chi connectivity index (χ1n) is 9.63. The van der Waals surface area contributed by atoms with Crippen LogP contribution in [0.15, 0.2) is 46.0 Å². The van der Waals surface area contributed by atoms with Crippen molar-refractivity contribution in [2.45, 2.75) is 26.3 Å². The van der Waals surface area contributed by atoms with Crippen molar-refractivity contribution in [3.05, 3.63) is 52.0 Å². The number of ether oxygens (including phenoxy) is 3. The van der Waals surface area contributed by atoms with Crippen molar-refractivity contribution in [2.24, 2.45) is 5.10 Å². The van der Waals surface area contributed by atoms with Gasteiger partial charge in [-0.2, -0.15) is 5.10 Å². The van der Waals surface area contributed by atoms with Crippen molar-refractivity contribution in [2.75, 3.05) is 20.8 Å². The molecule has 2 rings (SSSR count). The molecule has 1 unspecified atom stereocenters. The first-order valence-corrected chi connectivity index (χ1v) is 10.4. The summed E-state index contributed by atoms with van der Waals surface area (Å²) in [7, 11) is 3.12. The summed E-state index contributed by atoms with van der Waals surface area (Å²) in [6.07, 6.45) is 1.64. The maximum Gasteiger partial charge on any atom is 0.262 e. The Labute approximate surface area is 190 Å². The van der Waals surface area contributed by atoms with E-state index in [4.69, 9.17) is 14.2 Å². The number of benzene rings is 2. The van der Waals surface area contributed by atoms with Crippen LogP contribution in [-0.2, 0) is 16.0 Å². The van der Waals surface area contributed by atoms with Crippen LogP contribution in [-0.4, -0.2) is 44.9 Å². The second kappa shape index (κ2) is 11.9. The minimum Gasteiger partial charge on any atom is -0.497 e. The van der Waals surface area contributed by atoms with Gasteiger partial charge < -0.3 is 19.5 Å². The smallest absolute Gasteiger partial charge is 0.262 e. The molecule has 31 heavy (non-hydrogen) atoms. The summed E-state index contributed by atoms with van der Waals surface area (Å²) in [5.74, 6) is 1.16. The number of nitrogens with one attached hydrogen (secondary N) is 2. The third kappa shape index (κ3) is 7.29. The van der Waals surface area contributed by atoms with Crippen LogP contribution in [0.5, 0.6) is 17.2 Å². The molecule has 8 nitrogen and oxygen atoms in total. The van der Waals surface area contributed by atoms with E-state index in [1.54, 1.807) is 57.5 Å². The van der Waals surface area contributed by atoms with Gasteiger partial charge in [0.2, 0.25) is 5.91 Å². The number of halogens is 1. The Morgan fingerprint density at radius 2 is 1.87 bits per heavy atom. The molecule has 0 saturated carbocycles. The molecule has 0 bridgehead atoms. The number of hydrogen-bond donors (Lipinski definition) is 2. The monoisotopic (exact) mass is 491 g/mol. The zero-order valence-electron chi connectivity index (χ0n) is 17.9. The van der Waals surface area contributed by atoms with Crippen molar-refractivity contribution in [1.29, 1.82) is 0 Å². The highest BCUT2D eigenvalue weighted by Crippen LogP contribution is 2.36. The van der Waals surface area contributed by atoms with Crippen molar-refractivity contribution in [1.82, 2.24) is 10.7 Å². The zero-order chi connectivity index (χ0) is 22.8. The first-order chi connectivity index (χ1) is 14.9. The molecule has 0 aliphatic carbocycles. The van der Waals surface area contributed by atoms with Crippen LogP contribution in [0.3, 0.4) is 0 Å². The SMILES string of the molecule is CCOc1c(Br)cc(C=NNC(=O)C(C)NC(=O)Cc2ccc(OC)cc2)cc1OC. The van der Waals surface area contributed by atoms with E-state index < -0.39 is 11.9 Å². The quantitative estimate of drug-likeness (QED) is 0.393. The van der Waals surface area contributed by atoms with E-state index in [2.05, 4.69) is 31.8 Å². The summed E-state index contributed by atoms with van der Waals surface area (Å²) in [5, 5.41) is 6.61. The average Bonchev–Trinajstić information content (AvgIpc) is 2.75. The Morgan fingerprint density at radius 3 is 2.48 bits per heavy atom. The topological polar surface area (TPSA) is 98.2 Å². The van der Waals surface area contributed by atoms with Crippen molar-refractivity contribution < 1.29 is 23.8 Å². The van der Waals surface area contributed by atoms with Crippen molar-refractivity contribution >= 4 is 34.0 Å². The van der Waals surface area contributed by atoms with E-state index in [0.717, 1.165) is 5.56 Å². The number of methoxy groups -OCH3 is 2. The van der Waals surface area contributed by atoms with Crippen LogP contribution in [0.4, 0.5) is 0 Å².